The number of nitrogens with zero attached hydrogens (tertiary/aromatic N) is 6. The van der Waals surface area contributed by atoms with Crippen LogP contribution in [-0.2, 0) is 0 Å². The van der Waals surface area contributed by atoms with Gasteiger partial charge in [0.1, 0.15) is 0 Å². The SMILES string of the molecule is Cc1cccc(-n2c3ccccc3c3cc(-c4ccc5c(c4)c4ccccc4n5-c4cccc(C)c4)ccc32)c1.c1ccc(-n2c3ccccc3c3cc(-c4ccc5c(c4)c4ccccc4n5-c4cccc([Si](c5ccccc5)(c5ccccc5)c5ccccc5)c4)ccc32)cc1.c1ccc(-n2c3ccccc3c3cc(-c4ccc5c(c4)c4ccccc4n5-c4ccccc4)ccc32)cc1. The van der Waals surface area contributed by atoms with Gasteiger partial charge in [0.05, 0.1) is 66.2 Å². The third-order valence-electron chi connectivity index (χ3n) is 27.8. The Morgan fingerprint density at radius 2 is 0.304 bits per heavy atom. The minimum atomic E-state index is -2.71. The third-order valence-corrected chi connectivity index (χ3v) is 32.5. The predicted molar refractivity (Wildman–Crippen MR) is 575 cm³/mol. The summed E-state index contributed by atoms with van der Waals surface area (Å²) in [4.78, 5) is 0. The number of fused-ring (bicyclic) bond motifs is 18. The Kier molecular flexibility index (Phi) is 19.6. The molecule has 636 valence electrons. The first kappa shape index (κ1) is 79.8. The minimum absolute atomic E-state index is 1.17. The first-order valence-corrected chi connectivity index (χ1v) is 48.6. The molecule has 135 heavy (non-hydrogen) atoms. The lowest BCUT2D eigenvalue weighted by atomic mass is 10.0. The second kappa shape index (κ2) is 33.2. The van der Waals surface area contributed by atoms with Crippen LogP contribution in [0.4, 0.5) is 0 Å². The van der Waals surface area contributed by atoms with Crippen molar-refractivity contribution in [1.82, 2.24) is 27.4 Å². The van der Waals surface area contributed by atoms with Gasteiger partial charge in [0.2, 0.25) is 0 Å². The molecule has 0 bridgehead atoms. The summed E-state index contributed by atoms with van der Waals surface area (Å²) < 4.78 is 14.4. The number of para-hydroxylation sites is 9. The van der Waals surface area contributed by atoms with Crippen molar-refractivity contribution in [3.8, 4) is 67.5 Å². The van der Waals surface area contributed by atoms with E-state index < -0.39 is 8.07 Å². The van der Waals surface area contributed by atoms with Crippen molar-refractivity contribution >= 4 is 160 Å². The number of hydrogen-bond acceptors (Lipinski definition) is 0. The zero-order valence-electron chi connectivity index (χ0n) is 74.7. The second-order valence-electron chi connectivity index (χ2n) is 35.6. The van der Waals surface area contributed by atoms with Crippen LogP contribution in [0.5, 0.6) is 0 Å². The Morgan fingerprint density at radius 1 is 0.126 bits per heavy atom. The number of aryl methyl sites for hydroxylation is 2. The molecule has 0 aliphatic carbocycles. The molecule has 7 heteroatoms. The van der Waals surface area contributed by atoms with E-state index in [2.05, 4.69) is 551 Å². The fourth-order valence-electron chi connectivity index (χ4n) is 21.8. The van der Waals surface area contributed by atoms with E-state index in [9.17, 15) is 0 Å². The van der Waals surface area contributed by atoms with E-state index >= 15 is 0 Å². The summed E-state index contributed by atoms with van der Waals surface area (Å²) in [7, 11) is -2.71. The van der Waals surface area contributed by atoms with Crippen LogP contribution in [0.2, 0.25) is 0 Å². The maximum atomic E-state index is 2.47. The van der Waals surface area contributed by atoms with E-state index in [1.165, 1.54) is 230 Å². The Hall–Kier alpha value is -17.4. The molecule has 0 aliphatic rings. The van der Waals surface area contributed by atoms with Gasteiger partial charge in [0.15, 0.2) is 8.07 Å². The van der Waals surface area contributed by atoms with Gasteiger partial charge in [-0.15, -0.1) is 0 Å². The van der Waals surface area contributed by atoms with E-state index in [1.54, 1.807) is 0 Å². The van der Waals surface area contributed by atoms with Crippen molar-refractivity contribution < 1.29 is 0 Å². The van der Waals surface area contributed by atoms with E-state index in [1.807, 2.05) is 0 Å². The van der Waals surface area contributed by atoms with Crippen molar-refractivity contribution in [2.75, 3.05) is 0 Å². The van der Waals surface area contributed by atoms with Gasteiger partial charge < -0.3 is 27.4 Å². The third kappa shape index (κ3) is 13.5. The van der Waals surface area contributed by atoms with Gasteiger partial charge in [0, 0.05) is 98.8 Å². The van der Waals surface area contributed by atoms with Crippen LogP contribution in [0.15, 0.2) is 510 Å². The van der Waals surface area contributed by atoms with Crippen molar-refractivity contribution in [2.45, 2.75) is 13.8 Å². The van der Waals surface area contributed by atoms with Gasteiger partial charge in [-0.05, 0) is 261 Å². The molecule has 0 amide bonds. The topological polar surface area (TPSA) is 29.6 Å². The molecule has 27 aromatic rings. The fourth-order valence-corrected chi connectivity index (χ4v) is 26.6. The van der Waals surface area contributed by atoms with Crippen LogP contribution in [0, 0.1) is 13.8 Å². The average Bonchev–Trinajstić information content (AvgIpc) is 1.61. The number of hydrogen-bond donors (Lipinski definition) is 0. The normalized spacial score (nSPS) is 11.8. The molecule has 6 nitrogen and oxygen atoms in total. The molecule has 27 rings (SSSR count). The van der Waals surface area contributed by atoms with Crippen LogP contribution in [0.3, 0.4) is 0 Å². The highest BCUT2D eigenvalue weighted by molar-refractivity contribution is 7.20. The highest BCUT2D eigenvalue weighted by Gasteiger charge is 2.42. The monoisotopic (exact) mass is 1740 g/mol. The summed E-state index contributed by atoms with van der Waals surface area (Å²) in [6.45, 7) is 4.31. The smallest absolute Gasteiger partial charge is 0.179 e. The lowest BCUT2D eigenvalue weighted by molar-refractivity contribution is 1.17. The molecule has 0 spiro atoms. The Labute approximate surface area is 783 Å². The van der Waals surface area contributed by atoms with Crippen molar-refractivity contribution in [2.24, 2.45) is 0 Å². The highest BCUT2D eigenvalue weighted by Crippen LogP contribution is 2.44. The van der Waals surface area contributed by atoms with E-state index in [4.69, 9.17) is 0 Å². The number of aromatic nitrogens is 6. The molecule has 6 aromatic heterocycles. The average molecular weight is 1740 g/mol. The maximum Gasteiger partial charge on any atom is 0.179 e. The molecule has 21 aromatic carbocycles. The minimum Gasteiger partial charge on any atom is -0.309 e. The van der Waals surface area contributed by atoms with Crippen LogP contribution in [0.25, 0.3) is 198 Å². The van der Waals surface area contributed by atoms with Crippen LogP contribution < -0.4 is 20.7 Å². The van der Waals surface area contributed by atoms with Crippen LogP contribution in [-0.4, -0.2) is 35.5 Å². The fraction of sp³-hybridized carbons (Fsp3) is 0.0156. The Balaban J connectivity index is 0.000000111. The lowest BCUT2D eigenvalue weighted by Crippen LogP contribution is -2.74. The molecule has 0 N–H and O–H groups in total. The number of benzene rings is 21. The summed E-state index contributed by atoms with van der Waals surface area (Å²) >= 11 is 0. The molecule has 0 saturated carbocycles. The molecule has 0 atom stereocenters. The van der Waals surface area contributed by atoms with Crippen LogP contribution in [0.1, 0.15) is 11.1 Å². The van der Waals surface area contributed by atoms with Gasteiger partial charge in [0.25, 0.3) is 0 Å². The Bertz CT molecular complexity index is 8840. The molecular weight excluding hydrogens is 1650 g/mol. The Morgan fingerprint density at radius 3 is 0.541 bits per heavy atom. The summed E-state index contributed by atoms with van der Waals surface area (Å²) in [5.41, 5.74) is 31.6. The van der Waals surface area contributed by atoms with E-state index in [-0.39, 0.29) is 0 Å². The summed E-state index contributed by atoms with van der Waals surface area (Å²) in [6.07, 6.45) is 0. The van der Waals surface area contributed by atoms with Gasteiger partial charge >= 0.3 is 0 Å². The number of rotatable bonds is 13. The molecule has 0 saturated heterocycles. The van der Waals surface area contributed by atoms with Crippen LogP contribution >= 0.6 is 0 Å². The summed E-state index contributed by atoms with van der Waals surface area (Å²) in [6, 6.07) is 186. The molecule has 0 fully saturated rings. The van der Waals surface area contributed by atoms with Crippen molar-refractivity contribution in [3.63, 3.8) is 0 Å². The first-order valence-electron chi connectivity index (χ1n) is 46.6. The van der Waals surface area contributed by atoms with E-state index in [0.29, 0.717) is 0 Å². The molecule has 6 heterocycles. The molecule has 0 radical (unpaired) electrons. The predicted octanol–water partition coefficient (Wildman–Crippen LogP) is 30.6. The van der Waals surface area contributed by atoms with Crippen molar-refractivity contribution in [1.29, 1.82) is 0 Å². The second-order valence-corrected chi connectivity index (χ2v) is 39.4. The maximum absolute atomic E-state index is 2.71. The first-order chi connectivity index (χ1) is 66.8. The van der Waals surface area contributed by atoms with Gasteiger partial charge in [-0.2, -0.15) is 0 Å². The molecule has 0 aliphatic heterocycles. The zero-order chi connectivity index (χ0) is 89.6. The largest absolute Gasteiger partial charge is 0.309 e. The quantitative estimate of drug-likeness (QED) is 0.0813. The van der Waals surface area contributed by atoms with Crippen molar-refractivity contribution in [3.05, 3.63) is 521 Å². The zero-order valence-corrected chi connectivity index (χ0v) is 75.7. The van der Waals surface area contributed by atoms with Gasteiger partial charge in [-0.3, -0.25) is 0 Å². The molecule has 0 unspecified atom stereocenters. The van der Waals surface area contributed by atoms with E-state index in [0.717, 1.165) is 0 Å². The standard InChI is InChI=1S/C54H38N2Si.C38H28N2.C36H24N2/c1-5-18-41(19-6-1)55-51-30-15-13-28-47(51)49-36-39(32-34-53(49)55)40-33-35-54-50(37-40)48-29-14-16-31-52(48)56(54)42-20-17-27-46(38-42)57(43-21-7-2-8-22-43,44-23-9-3-10-24-44)45-25-11-4-12-26-45;1-25-9-7-11-29(21-25)39-35-15-5-3-13-31(35)33-23-27(17-19-37(33)39)28-18-20-38-34(24-28)32-14-4-6-16-36(32)40(38)30-12-8-10-26(2)22-30;1-3-11-27(12-4-1)37-33-17-9-7-15-29(33)31-23-25(19-21-35(31)37)26-20-22-36-32(24-26)30-16-8-10-18-34(30)38(36)28-13-5-2-6-14-28/h1-38H;3-24H,1-2H3;1-24H. The lowest BCUT2D eigenvalue weighted by Gasteiger charge is -2.34. The summed E-state index contributed by atoms with van der Waals surface area (Å²) in [5.74, 6) is 0. The highest BCUT2D eigenvalue weighted by atomic mass is 28.3. The molecular formula is C128H90N6Si. The summed E-state index contributed by atoms with van der Waals surface area (Å²) in [5, 5.41) is 20.7. The van der Waals surface area contributed by atoms with Gasteiger partial charge in [-0.1, -0.05) is 328 Å². The van der Waals surface area contributed by atoms with Gasteiger partial charge in [-0.25, -0.2) is 0 Å².